The number of fused-ring (bicyclic) bond motifs is 1. The zero-order chi connectivity index (χ0) is 19.0. The van der Waals surface area contributed by atoms with Crippen LogP contribution < -0.4 is 5.73 Å². The summed E-state index contributed by atoms with van der Waals surface area (Å²) in [5.74, 6) is 0.179. The average molecular weight is 379 g/mol. The topological polar surface area (TPSA) is 80.5 Å². The fourth-order valence-electron chi connectivity index (χ4n) is 3.46. The van der Waals surface area contributed by atoms with Gasteiger partial charge in [0.15, 0.2) is 0 Å². The summed E-state index contributed by atoms with van der Waals surface area (Å²) in [6.07, 6.45) is 0.420. The van der Waals surface area contributed by atoms with Crippen LogP contribution in [0.5, 0.6) is 0 Å². The summed E-state index contributed by atoms with van der Waals surface area (Å²) < 4.78 is 27.1. The Labute approximate surface area is 158 Å². The Bertz CT molecular complexity index is 1100. The number of nitrogens with two attached hydrogens (primary N) is 1. The Kier molecular flexibility index (Phi) is 4.45. The second-order valence-electron chi connectivity index (χ2n) is 6.54. The molecule has 1 heterocycles. The monoisotopic (exact) mass is 379 g/mol. The van der Waals surface area contributed by atoms with Gasteiger partial charge in [0.1, 0.15) is 0 Å². The van der Waals surface area contributed by atoms with Gasteiger partial charge in [0, 0.05) is 12.5 Å². The van der Waals surface area contributed by atoms with Crippen LogP contribution in [0.2, 0.25) is 0 Å². The second-order valence-corrected chi connectivity index (χ2v) is 8.41. The first-order chi connectivity index (χ1) is 13.0. The van der Waals surface area contributed by atoms with E-state index in [0.717, 1.165) is 26.6 Å². The van der Waals surface area contributed by atoms with E-state index in [0.29, 0.717) is 6.42 Å². The summed E-state index contributed by atoms with van der Waals surface area (Å²) in [7, 11) is -3.95. The van der Waals surface area contributed by atoms with Crippen molar-refractivity contribution in [2.45, 2.75) is 17.4 Å². The first kappa shape index (κ1) is 17.7. The first-order valence-electron chi connectivity index (χ1n) is 8.70. The van der Waals surface area contributed by atoms with Gasteiger partial charge in [-0.15, -0.1) is 0 Å². The SMILES string of the molecule is NC1[C](c2ccccc2)CCN(S(=O)(=O)c2ccc3ccccc3c2)C1=O. The maximum absolute atomic E-state index is 13.1. The molecule has 6 heteroatoms. The Morgan fingerprint density at radius 2 is 1.56 bits per heavy atom. The molecule has 0 aromatic heterocycles. The number of hydrogen-bond acceptors (Lipinski definition) is 4. The average Bonchev–Trinajstić information content (AvgIpc) is 2.70. The lowest BCUT2D eigenvalue weighted by Crippen LogP contribution is -2.54. The molecule has 0 saturated carbocycles. The first-order valence-corrected chi connectivity index (χ1v) is 10.1. The van der Waals surface area contributed by atoms with Gasteiger partial charge in [-0.1, -0.05) is 60.7 Å². The molecule has 0 spiro atoms. The molecule has 0 aliphatic carbocycles. The molecule has 137 valence electrons. The van der Waals surface area contributed by atoms with Gasteiger partial charge < -0.3 is 5.73 Å². The van der Waals surface area contributed by atoms with Crippen molar-refractivity contribution in [3.05, 3.63) is 84.3 Å². The van der Waals surface area contributed by atoms with E-state index in [1.54, 1.807) is 12.1 Å². The third kappa shape index (κ3) is 3.11. The Hall–Kier alpha value is -2.70. The van der Waals surface area contributed by atoms with Crippen molar-refractivity contribution < 1.29 is 13.2 Å². The van der Waals surface area contributed by atoms with Crippen LogP contribution in [0.15, 0.2) is 77.7 Å². The minimum atomic E-state index is -3.95. The van der Waals surface area contributed by atoms with Crippen LogP contribution in [0, 0.1) is 5.92 Å². The van der Waals surface area contributed by atoms with Crippen LogP contribution in [-0.4, -0.2) is 31.2 Å². The Morgan fingerprint density at radius 3 is 2.30 bits per heavy atom. The summed E-state index contributed by atoms with van der Waals surface area (Å²) in [4.78, 5) is 12.9. The van der Waals surface area contributed by atoms with Crippen molar-refractivity contribution in [2.75, 3.05) is 6.54 Å². The maximum atomic E-state index is 13.1. The van der Waals surface area contributed by atoms with Crippen LogP contribution in [0.4, 0.5) is 0 Å². The summed E-state index contributed by atoms with van der Waals surface area (Å²) in [5, 5.41) is 1.75. The maximum Gasteiger partial charge on any atom is 0.266 e. The van der Waals surface area contributed by atoms with Crippen molar-refractivity contribution >= 4 is 26.7 Å². The van der Waals surface area contributed by atoms with E-state index in [4.69, 9.17) is 5.73 Å². The smallest absolute Gasteiger partial charge is 0.266 e. The van der Waals surface area contributed by atoms with Crippen molar-refractivity contribution in [1.29, 1.82) is 0 Å². The van der Waals surface area contributed by atoms with E-state index in [-0.39, 0.29) is 11.4 Å². The zero-order valence-corrected chi connectivity index (χ0v) is 15.4. The van der Waals surface area contributed by atoms with Gasteiger partial charge in [0.05, 0.1) is 10.9 Å². The lowest BCUT2D eigenvalue weighted by Gasteiger charge is -2.35. The molecule has 2 N–H and O–H groups in total. The summed E-state index contributed by atoms with van der Waals surface area (Å²) in [6.45, 7) is 0.0892. The summed E-state index contributed by atoms with van der Waals surface area (Å²) >= 11 is 0. The predicted molar refractivity (Wildman–Crippen MR) is 104 cm³/mol. The number of nitrogens with zero attached hydrogens (tertiary/aromatic N) is 1. The zero-order valence-electron chi connectivity index (χ0n) is 14.6. The van der Waals surface area contributed by atoms with E-state index in [1.165, 1.54) is 6.07 Å². The number of sulfonamides is 1. The highest BCUT2D eigenvalue weighted by Gasteiger charge is 2.41. The molecule has 3 aromatic rings. The quantitative estimate of drug-likeness (QED) is 0.759. The number of carbonyl (C=O) groups is 1. The molecule has 4 rings (SSSR count). The molecule has 1 amide bonds. The van der Waals surface area contributed by atoms with E-state index < -0.39 is 22.0 Å². The van der Waals surface area contributed by atoms with Gasteiger partial charge >= 0.3 is 0 Å². The molecule has 1 saturated heterocycles. The largest absolute Gasteiger partial charge is 0.319 e. The van der Waals surface area contributed by atoms with Gasteiger partial charge in [-0.25, -0.2) is 12.7 Å². The summed E-state index contributed by atoms with van der Waals surface area (Å²) in [5.41, 5.74) is 6.99. The van der Waals surface area contributed by atoms with Crippen molar-refractivity contribution in [3.8, 4) is 0 Å². The number of hydrogen-bond donors (Lipinski definition) is 1. The van der Waals surface area contributed by atoms with Gasteiger partial charge in [-0.05, 0) is 34.9 Å². The molecule has 27 heavy (non-hydrogen) atoms. The predicted octanol–water partition coefficient (Wildman–Crippen LogP) is 2.71. The molecule has 1 atom stereocenters. The van der Waals surface area contributed by atoms with E-state index in [1.807, 2.05) is 54.6 Å². The number of benzene rings is 3. The third-order valence-corrected chi connectivity index (χ3v) is 6.72. The highest BCUT2D eigenvalue weighted by molar-refractivity contribution is 7.89. The van der Waals surface area contributed by atoms with Gasteiger partial charge in [-0.2, -0.15) is 0 Å². The molecule has 1 radical (unpaired) electrons. The molecule has 5 nitrogen and oxygen atoms in total. The molecular weight excluding hydrogens is 360 g/mol. The van der Waals surface area contributed by atoms with Crippen LogP contribution >= 0.6 is 0 Å². The fourth-order valence-corrected chi connectivity index (χ4v) is 4.91. The number of carbonyl (C=O) groups excluding carboxylic acids is 1. The van der Waals surface area contributed by atoms with Gasteiger partial charge in [0.2, 0.25) is 0 Å². The van der Waals surface area contributed by atoms with Crippen LogP contribution in [-0.2, 0) is 14.8 Å². The lowest BCUT2D eigenvalue weighted by atomic mass is 9.86. The minimum Gasteiger partial charge on any atom is -0.319 e. The molecule has 1 aliphatic rings. The van der Waals surface area contributed by atoms with Crippen molar-refractivity contribution in [2.24, 2.45) is 5.73 Å². The van der Waals surface area contributed by atoms with Crippen LogP contribution in [0.1, 0.15) is 12.0 Å². The number of amides is 1. The Balaban J connectivity index is 1.65. The Morgan fingerprint density at radius 1 is 0.889 bits per heavy atom. The van der Waals surface area contributed by atoms with Crippen LogP contribution in [0.25, 0.3) is 10.8 Å². The lowest BCUT2D eigenvalue weighted by molar-refractivity contribution is -0.128. The van der Waals surface area contributed by atoms with E-state index >= 15 is 0 Å². The van der Waals surface area contributed by atoms with Gasteiger partial charge in [0.25, 0.3) is 15.9 Å². The fraction of sp³-hybridized carbons (Fsp3) is 0.143. The molecule has 3 aromatic carbocycles. The molecule has 1 aliphatic heterocycles. The molecular formula is C21H19N2O3S. The third-order valence-electron chi connectivity index (χ3n) is 4.93. The second kappa shape index (κ2) is 6.79. The number of piperidine rings is 1. The van der Waals surface area contributed by atoms with E-state index in [9.17, 15) is 13.2 Å². The van der Waals surface area contributed by atoms with Crippen molar-refractivity contribution in [3.63, 3.8) is 0 Å². The van der Waals surface area contributed by atoms with E-state index in [2.05, 4.69) is 0 Å². The molecule has 1 unspecified atom stereocenters. The highest BCUT2D eigenvalue weighted by Crippen LogP contribution is 2.31. The standard InChI is InChI=1S/C21H19N2O3S/c22-20-19(16-7-2-1-3-8-16)12-13-23(21(20)24)27(25,26)18-11-10-15-6-4-5-9-17(15)14-18/h1-11,14,20H,12-13,22H2. The van der Waals surface area contributed by atoms with Crippen LogP contribution in [0.3, 0.4) is 0 Å². The minimum absolute atomic E-state index is 0.0892. The summed E-state index contributed by atoms with van der Waals surface area (Å²) in [6, 6.07) is 20.8. The van der Waals surface area contributed by atoms with Crippen molar-refractivity contribution in [1.82, 2.24) is 4.31 Å². The van der Waals surface area contributed by atoms with Gasteiger partial charge in [-0.3, -0.25) is 4.79 Å². The normalized spacial score (nSPS) is 18.8. The number of rotatable bonds is 3. The highest BCUT2D eigenvalue weighted by atomic mass is 32.2. The molecule has 1 fully saturated rings. The molecule has 0 bridgehead atoms.